The number of nitrogens with two attached hydrogens (primary N) is 1. The van der Waals surface area contributed by atoms with Crippen molar-refractivity contribution in [1.29, 1.82) is 0 Å². The Morgan fingerprint density at radius 3 is 2.00 bits per heavy atom. The van der Waals surface area contributed by atoms with Crippen molar-refractivity contribution in [2.45, 2.75) is 76.2 Å². The van der Waals surface area contributed by atoms with Gasteiger partial charge >= 0.3 is 0 Å². The minimum Gasteiger partial charge on any atom is -0.390 e. The van der Waals surface area contributed by atoms with E-state index >= 15 is 0 Å². The third kappa shape index (κ3) is 11.0. The van der Waals surface area contributed by atoms with E-state index in [9.17, 15) is 29.7 Å². The minimum atomic E-state index is -1.18. The highest BCUT2D eigenvalue weighted by atomic mass is 16.7. The lowest BCUT2D eigenvalue weighted by atomic mass is 10.0. The number of carbonyl (C=O) groups is 3. The molecule has 2 rings (SSSR count). The molecule has 7 N–H and O–H groups in total. The molecule has 14 nitrogen and oxygen atoms in total. The van der Waals surface area contributed by atoms with Gasteiger partial charge in [0.1, 0.15) is 12.2 Å². The van der Waals surface area contributed by atoms with Crippen molar-refractivity contribution in [2.24, 2.45) is 5.73 Å². The highest BCUT2D eigenvalue weighted by Gasteiger charge is 2.35. The summed E-state index contributed by atoms with van der Waals surface area (Å²) in [6.07, 6.45) is -3.28. The first kappa shape index (κ1) is 30.3. The molecule has 0 aromatic rings. The maximum atomic E-state index is 12.3. The lowest BCUT2D eigenvalue weighted by molar-refractivity contribution is -0.262. The number of rotatable bonds is 14. The molecule has 2 heterocycles. The van der Waals surface area contributed by atoms with Crippen LogP contribution in [0.3, 0.4) is 0 Å². The summed E-state index contributed by atoms with van der Waals surface area (Å²) >= 11 is 0. The van der Waals surface area contributed by atoms with Crippen molar-refractivity contribution in [2.75, 3.05) is 45.9 Å². The zero-order chi connectivity index (χ0) is 26.7. The third-order valence-electron chi connectivity index (χ3n) is 5.69. The molecule has 0 unspecified atom stereocenters. The Morgan fingerprint density at radius 2 is 1.42 bits per heavy atom. The number of carbonyl (C=O) groups excluding carboxylic acids is 3. The maximum Gasteiger partial charge on any atom is 0.234 e. The lowest BCUT2D eigenvalue weighted by Gasteiger charge is -2.35. The van der Waals surface area contributed by atoms with Crippen molar-refractivity contribution < 1.29 is 48.7 Å². The molecule has 0 aromatic heterocycles. The Bertz CT molecular complexity index is 714. The first-order valence-corrected chi connectivity index (χ1v) is 12.2. The molecule has 0 radical (unpaired) electrons. The van der Waals surface area contributed by atoms with Gasteiger partial charge in [0, 0.05) is 19.5 Å². The number of amides is 3. The largest absolute Gasteiger partial charge is 0.390 e. The average Bonchev–Trinajstić information content (AvgIpc) is 2.79. The monoisotopic (exact) mass is 520 g/mol. The van der Waals surface area contributed by atoms with Crippen LogP contribution in [0, 0.1) is 0 Å². The smallest absolute Gasteiger partial charge is 0.234 e. The third-order valence-corrected chi connectivity index (χ3v) is 5.69. The summed E-state index contributed by atoms with van der Waals surface area (Å²) in [6, 6.07) is 0. The van der Waals surface area contributed by atoms with Crippen LogP contribution in [0.2, 0.25) is 0 Å². The van der Waals surface area contributed by atoms with Gasteiger partial charge < -0.3 is 50.6 Å². The predicted molar refractivity (Wildman–Crippen MR) is 124 cm³/mol. The highest BCUT2D eigenvalue weighted by molar-refractivity contribution is 5.83. The molecule has 2 fully saturated rings. The van der Waals surface area contributed by atoms with E-state index in [4.69, 9.17) is 24.7 Å². The maximum absolute atomic E-state index is 12.3. The molecule has 14 heteroatoms. The number of ether oxygens (including phenoxy) is 4. The van der Waals surface area contributed by atoms with Crippen LogP contribution in [0.4, 0.5) is 0 Å². The van der Waals surface area contributed by atoms with Gasteiger partial charge in [-0.2, -0.15) is 0 Å². The van der Waals surface area contributed by atoms with Crippen molar-refractivity contribution in [3.8, 4) is 0 Å². The molecule has 36 heavy (non-hydrogen) atoms. The van der Waals surface area contributed by atoms with Gasteiger partial charge in [-0.1, -0.05) is 0 Å². The summed E-state index contributed by atoms with van der Waals surface area (Å²) in [4.78, 5) is 37.2. The summed E-state index contributed by atoms with van der Waals surface area (Å²) in [5, 5.41) is 34.8. The molecule has 0 aromatic carbocycles. The van der Waals surface area contributed by atoms with Gasteiger partial charge in [-0.15, -0.1) is 0 Å². The minimum absolute atomic E-state index is 0.0153. The van der Waals surface area contributed by atoms with Crippen LogP contribution in [-0.2, 0) is 33.3 Å². The zero-order valence-corrected chi connectivity index (χ0v) is 20.8. The van der Waals surface area contributed by atoms with E-state index in [-0.39, 0.29) is 58.1 Å². The number of primary amides is 1. The number of hydrogen-bond acceptors (Lipinski definition) is 11. The molecule has 0 bridgehead atoms. The fourth-order valence-corrected chi connectivity index (χ4v) is 3.88. The van der Waals surface area contributed by atoms with E-state index in [2.05, 4.69) is 10.6 Å². The van der Waals surface area contributed by atoms with E-state index in [0.29, 0.717) is 12.8 Å². The van der Waals surface area contributed by atoms with Crippen molar-refractivity contribution >= 4 is 17.7 Å². The molecule has 0 spiro atoms. The molecular weight excluding hydrogens is 480 g/mol. The lowest BCUT2D eigenvalue weighted by Crippen LogP contribution is -2.49. The van der Waals surface area contributed by atoms with Gasteiger partial charge in [-0.05, 0) is 26.7 Å². The number of aliphatic hydroxyl groups is 3. The fraction of sp³-hybridized carbons (Fsp3) is 0.864. The second-order valence-electron chi connectivity index (χ2n) is 9.12. The molecule has 3 amide bonds. The van der Waals surface area contributed by atoms with Gasteiger partial charge in [-0.3, -0.25) is 19.3 Å². The molecule has 2 saturated heterocycles. The molecule has 7 atom stereocenters. The van der Waals surface area contributed by atoms with Crippen LogP contribution < -0.4 is 16.4 Å². The molecule has 2 aliphatic heterocycles. The van der Waals surface area contributed by atoms with Gasteiger partial charge in [0.05, 0.1) is 51.2 Å². The Morgan fingerprint density at radius 1 is 0.861 bits per heavy atom. The molecular formula is C22H40N4O10. The SMILES string of the molecule is C[C@H]1C[C@@H](O)[C@H](O)[C@H](OCCNC(=O)CN(CC(N)=O)CC(=O)NCCO[C@@H]2O[C@@H](C)CC[C@@H]2O)O1. The normalized spacial score (nSPS) is 30.7. The molecule has 2 aliphatic rings. The number of aliphatic hydroxyl groups excluding tert-OH is 3. The van der Waals surface area contributed by atoms with Crippen molar-refractivity contribution in [3.05, 3.63) is 0 Å². The van der Waals surface area contributed by atoms with Crippen molar-refractivity contribution in [3.63, 3.8) is 0 Å². The summed E-state index contributed by atoms with van der Waals surface area (Å²) in [6.45, 7) is 3.20. The Labute approximate surface area is 210 Å². The van der Waals surface area contributed by atoms with E-state index in [1.54, 1.807) is 6.92 Å². The summed E-state index contributed by atoms with van der Waals surface area (Å²) < 4.78 is 21.8. The highest BCUT2D eigenvalue weighted by Crippen LogP contribution is 2.21. The Kier molecular flexibility index (Phi) is 12.9. The van der Waals surface area contributed by atoms with Crippen molar-refractivity contribution in [1.82, 2.24) is 15.5 Å². The van der Waals surface area contributed by atoms with Gasteiger partial charge in [0.2, 0.25) is 17.7 Å². The quantitative estimate of drug-likeness (QED) is 0.126. The Hall–Kier alpha value is -1.91. The van der Waals surface area contributed by atoms with Gasteiger partial charge in [0.25, 0.3) is 0 Å². The molecule has 208 valence electrons. The van der Waals surface area contributed by atoms with Gasteiger partial charge in [-0.25, -0.2) is 0 Å². The fourth-order valence-electron chi connectivity index (χ4n) is 3.88. The predicted octanol–water partition coefficient (Wildman–Crippen LogP) is -3.22. The second-order valence-corrected chi connectivity index (χ2v) is 9.12. The van der Waals surface area contributed by atoms with Crippen LogP contribution in [0.25, 0.3) is 0 Å². The van der Waals surface area contributed by atoms with Crippen LogP contribution in [0.5, 0.6) is 0 Å². The molecule has 0 saturated carbocycles. The van der Waals surface area contributed by atoms with E-state index in [0.717, 1.165) is 6.42 Å². The number of nitrogens with one attached hydrogen (secondary N) is 2. The number of hydrogen-bond donors (Lipinski definition) is 6. The van der Waals surface area contributed by atoms with Crippen LogP contribution in [-0.4, -0.2) is 127 Å². The summed E-state index contributed by atoms with van der Waals surface area (Å²) in [5.74, 6) is -1.60. The second kappa shape index (κ2) is 15.4. The van der Waals surface area contributed by atoms with Crippen LogP contribution in [0.15, 0.2) is 0 Å². The Balaban J connectivity index is 1.66. The van der Waals surface area contributed by atoms with Crippen LogP contribution >= 0.6 is 0 Å². The zero-order valence-electron chi connectivity index (χ0n) is 20.8. The summed E-state index contributed by atoms with van der Waals surface area (Å²) in [7, 11) is 0. The van der Waals surface area contributed by atoms with Gasteiger partial charge in [0.15, 0.2) is 12.6 Å². The number of nitrogens with zero attached hydrogens (tertiary/aromatic N) is 1. The van der Waals surface area contributed by atoms with E-state index < -0.39 is 48.6 Å². The topological polar surface area (TPSA) is 202 Å². The van der Waals surface area contributed by atoms with E-state index in [1.807, 2.05) is 6.92 Å². The van der Waals surface area contributed by atoms with E-state index in [1.165, 1.54) is 4.90 Å². The average molecular weight is 521 g/mol. The van der Waals surface area contributed by atoms with Crippen LogP contribution in [0.1, 0.15) is 33.1 Å². The summed E-state index contributed by atoms with van der Waals surface area (Å²) in [5.41, 5.74) is 5.23. The first-order valence-electron chi connectivity index (χ1n) is 12.2. The first-order chi connectivity index (χ1) is 17.0. The molecule has 0 aliphatic carbocycles. The standard InChI is InChI=1S/C22H40N4O10/c1-13-3-4-15(27)21(35-13)33-7-5-24-18(30)11-26(10-17(23)29)12-19(31)25-6-8-34-22-20(32)16(28)9-14(2)36-22/h13-16,20-22,27-28,32H,3-12H2,1-2H3,(H2,23,29)(H,24,30)(H,25,31)/t13-,14-,15-,16+,20-,21+,22+/m0/s1.